The second kappa shape index (κ2) is 8.39. The first-order valence-corrected chi connectivity index (χ1v) is 8.69. The minimum Gasteiger partial charge on any atom is -0.869 e. The zero-order chi connectivity index (χ0) is 21.0. The van der Waals surface area contributed by atoms with Crippen molar-refractivity contribution in [3.63, 3.8) is 0 Å². The molecule has 0 radical (unpaired) electrons. The first-order valence-electron chi connectivity index (χ1n) is 8.69. The summed E-state index contributed by atoms with van der Waals surface area (Å²) in [6, 6.07) is 13.8. The Hall–Kier alpha value is -3.94. The van der Waals surface area contributed by atoms with Gasteiger partial charge in [-0.2, -0.15) is 0 Å². The fourth-order valence-electron chi connectivity index (χ4n) is 2.85. The molecule has 1 aromatic carbocycles. The molecule has 0 unspecified atom stereocenters. The summed E-state index contributed by atoms with van der Waals surface area (Å²) in [5, 5.41) is 17.8. The summed E-state index contributed by atoms with van der Waals surface area (Å²) in [6.07, 6.45) is 2.64. The lowest BCUT2D eigenvalue weighted by Gasteiger charge is -2.17. The number of nitrogens with zero attached hydrogens (tertiary/aromatic N) is 3. The molecule has 0 N–H and O–H groups in total. The largest absolute Gasteiger partial charge is 0.869 e. The van der Waals surface area contributed by atoms with Gasteiger partial charge in [0.25, 0.3) is 0 Å². The lowest BCUT2D eigenvalue weighted by atomic mass is 10.1. The Labute approximate surface area is 166 Å². The van der Waals surface area contributed by atoms with Crippen molar-refractivity contribution in [2.75, 3.05) is 14.2 Å². The molecule has 0 saturated carbocycles. The van der Waals surface area contributed by atoms with Gasteiger partial charge in [0.15, 0.2) is 16.9 Å². The number of carbonyl (C=O) groups excluding carboxylic acids is 2. The van der Waals surface area contributed by atoms with E-state index >= 15 is 0 Å². The lowest BCUT2D eigenvalue weighted by molar-refractivity contribution is -0.583. The summed E-state index contributed by atoms with van der Waals surface area (Å²) >= 11 is 0. The summed E-state index contributed by atoms with van der Waals surface area (Å²) in [7, 11) is 2.34. The zero-order valence-corrected chi connectivity index (χ0v) is 16.2. The van der Waals surface area contributed by atoms with E-state index < -0.39 is 17.7 Å². The molecule has 8 nitrogen and oxygen atoms in total. The van der Waals surface area contributed by atoms with Crippen molar-refractivity contribution in [2.45, 2.75) is 6.92 Å². The predicted molar refractivity (Wildman–Crippen MR) is 102 cm³/mol. The van der Waals surface area contributed by atoms with Crippen molar-refractivity contribution in [3.05, 3.63) is 77.6 Å². The minimum absolute atomic E-state index is 0.116. The van der Waals surface area contributed by atoms with Crippen molar-refractivity contribution < 1.29 is 28.7 Å². The Balaban J connectivity index is 2.38. The molecular weight excluding hydrogens is 374 g/mol. The van der Waals surface area contributed by atoms with Crippen LogP contribution in [0.4, 0.5) is 0 Å². The van der Waals surface area contributed by atoms with Crippen LogP contribution in [0, 0.1) is 6.92 Å². The van der Waals surface area contributed by atoms with Gasteiger partial charge in [-0.1, -0.05) is 41.1 Å². The van der Waals surface area contributed by atoms with E-state index in [4.69, 9.17) is 4.74 Å². The smallest absolute Gasteiger partial charge is 0.342 e. The molecule has 3 aromatic rings. The minimum atomic E-state index is -0.862. The second-order valence-electron chi connectivity index (χ2n) is 6.03. The molecular formula is C21H19N3O5. The third-order valence-electron chi connectivity index (χ3n) is 4.30. The van der Waals surface area contributed by atoms with E-state index in [-0.39, 0.29) is 11.3 Å². The van der Waals surface area contributed by atoms with E-state index in [0.717, 1.165) is 11.6 Å². The van der Waals surface area contributed by atoms with Gasteiger partial charge in [-0.15, -0.1) is 4.52 Å². The predicted octanol–water partition coefficient (Wildman–Crippen LogP) is 0.889. The molecule has 3 rings (SSSR count). The van der Waals surface area contributed by atoms with E-state index in [0.29, 0.717) is 11.3 Å². The van der Waals surface area contributed by atoms with E-state index in [2.05, 4.69) is 9.95 Å². The number of fused-ring (bicyclic) bond motifs is 1. The molecule has 29 heavy (non-hydrogen) atoms. The maximum atomic E-state index is 13.4. The average molecular weight is 393 g/mol. The zero-order valence-electron chi connectivity index (χ0n) is 16.2. The van der Waals surface area contributed by atoms with Gasteiger partial charge in [0.1, 0.15) is 17.0 Å². The van der Waals surface area contributed by atoms with Gasteiger partial charge >= 0.3 is 11.9 Å². The summed E-state index contributed by atoms with van der Waals surface area (Å²) < 4.78 is 12.4. The van der Waals surface area contributed by atoms with Crippen LogP contribution in [0.2, 0.25) is 0 Å². The number of ether oxygens (including phenoxy) is 2. The van der Waals surface area contributed by atoms with Crippen molar-refractivity contribution >= 4 is 28.9 Å². The summed E-state index contributed by atoms with van der Waals surface area (Å²) in [4.78, 5) is 24.4. The molecule has 0 aliphatic rings. The number of methoxy groups -OCH3 is 2. The van der Waals surface area contributed by atoms with Crippen LogP contribution in [-0.2, 0) is 19.1 Å². The molecule has 0 aliphatic carbocycles. The van der Waals surface area contributed by atoms with E-state index in [9.17, 15) is 14.7 Å². The van der Waals surface area contributed by atoms with E-state index in [1.165, 1.54) is 18.9 Å². The van der Waals surface area contributed by atoms with Gasteiger partial charge in [0.05, 0.1) is 14.2 Å². The summed E-state index contributed by atoms with van der Waals surface area (Å²) in [5.41, 5.74) is 1.28. The number of hydrogen-bond donors (Lipinski definition) is 0. The van der Waals surface area contributed by atoms with Gasteiger partial charge in [0, 0.05) is 13.0 Å². The van der Waals surface area contributed by atoms with Gasteiger partial charge in [-0.05, 0) is 23.5 Å². The quantitative estimate of drug-likeness (QED) is 0.210. The molecule has 0 aliphatic heterocycles. The van der Waals surface area contributed by atoms with Crippen LogP contribution < -0.4 is 9.62 Å². The van der Waals surface area contributed by atoms with Crippen LogP contribution in [0.15, 0.2) is 66.4 Å². The third-order valence-corrected chi connectivity index (χ3v) is 4.30. The normalized spacial score (nSPS) is 12.4. The highest BCUT2D eigenvalue weighted by Crippen LogP contribution is 2.26. The number of rotatable bonds is 5. The SMILES string of the molecule is COC(=O)/C=C(C(=O)OC)\C(=C(\[O-])c1ccccc1)n1n[n+]2ccccc2c1C. The number of pyridine rings is 1. The maximum absolute atomic E-state index is 13.4. The van der Waals surface area contributed by atoms with Crippen molar-refractivity contribution in [1.29, 1.82) is 0 Å². The molecule has 0 spiro atoms. The molecule has 0 amide bonds. The standard InChI is InChI=1S/C21H19N3O5/c1-14-17-11-7-8-12-23(17)22-24(14)19(20(26)15-9-5-4-6-10-15)16(21(27)29-3)13-18(25)28-2/h4-13H,1-3H3. The van der Waals surface area contributed by atoms with Gasteiger partial charge in [-0.25, -0.2) is 9.59 Å². The van der Waals surface area contributed by atoms with Crippen LogP contribution in [0.3, 0.4) is 0 Å². The van der Waals surface area contributed by atoms with Gasteiger partial charge in [-0.3, -0.25) is 0 Å². The van der Waals surface area contributed by atoms with Crippen LogP contribution in [0.1, 0.15) is 11.3 Å². The first kappa shape index (κ1) is 19.8. The molecule has 0 atom stereocenters. The topological polar surface area (TPSA) is 97.6 Å². The Morgan fingerprint density at radius 2 is 1.76 bits per heavy atom. The van der Waals surface area contributed by atoms with Crippen LogP contribution in [-0.4, -0.2) is 36.1 Å². The number of aromatic nitrogens is 3. The molecule has 8 heteroatoms. The Morgan fingerprint density at radius 3 is 2.38 bits per heavy atom. The van der Waals surface area contributed by atoms with Crippen molar-refractivity contribution in [3.8, 4) is 0 Å². The monoisotopic (exact) mass is 393 g/mol. The lowest BCUT2D eigenvalue weighted by Crippen LogP contribution is -2.25. The molecule has 0 fully saturated rings. The highest BCUT2D eigenvalue weighted by Gasteiger charge is 2.29. The van der Waals surface area contributed by atoms with Crippen LogP contribution in [0.5, 0.6) is 0 Å². The third kappa shape index (κ3) is 3.86. The van der Waals surface area contributed by atoms with Gasteiger partial charge < -0.3 is 14.6 Å². The average Bonchev–Trinajstić information content (AvgIpc) is 3.09. The first-order chi connectivity index (χ1) is 14.0. The molecule has 0 bridgehead atoms. The molecule has 148 valence electrons. The summed E-state index contributed by atoms with van der Waals surface area (Å²) in [6.45, 7) is 1.76. The fraction of sp³-hybridized carbons (Fsp3) is 0.143. The number of benzene rings is 1. The highest BCUT2D eigenvalue weighted by atomic mass is 16.5. The van der Waals surface area contributed by atoms with E-state index in [1.54, 1.807) is 54.0 Å². The Kier molecular flexibility index (Phi) is 5.73. The summed E-state index contributed by atoms with van der Waals surface area (Å²) in [5.74, 6) is -2.16. The number of aryl methyl sites for hydroxylation is 1. The Bertz CT molecular complexity index is 1130. The highest BCUT2D eigenvalue weighted by molar-refractivity contribution is 6.10. The molecule has 2 heterocycles. The van der Waals surface area contributed by atoms with Crippen molar-refractivity contribution in [2.24, 2.45) is 0 Å². The Morgan fingerprint density at radius 1 is 1.07 bits per heavy atom. The number of carbonyl (C=O) groups is 2. The van der Waals surface area contributed by atoms with E-state index in [1.807, 2.05) is 12.1 Å². The number of esters is 2. The maximum Gasteiger partial charge on any atom is 0.342 e. The fourth-order valence-corrected chi connectivity index (χ4v) is 2.85. The molecule has 0 saturated heterocycles. The molecule has 2 aromatic heterocycles. The van der Waals surface area contributed by atoms with Crippen molar-refractivity contribution in [1.82, 2.24) is 9.90 Å². The van der Waals surface area contributed by atoms with Crippen LogP contribution >= 0.6 is 0 Å². The van der Waals surface area contributed by atoms with Gasteiger partial charge in [0.2, 0.25) is 0 Å². The van der Waals surface area contributed by atoms with Crippen LogP contribution in [0.25, 0.3) is 17.0 Å². The number of hydrogen-bond acceptors (Lipinski definition) is 6. The second-order valence-corrected chi connectivity index (χ2v) is 6.03.